The van der Waals surface area contributed by atoms with Gasteiger partial charge in [-0.2, -0.15) is 0 Å². The van der Waals surface area contributed by atoms with Gasteiger partial charge in [0.05, 0.1) is 12.2 Å². The molecule has 0 heterocycles. The third-order valence-corrected chi connectivity index (χ3v) is 3.59. The monoisotopic (exact) mass is 306 g/mol. The number of aliphatic hydroxyl groups is 2. The molecule has 0 aliphatic rings. The van der Waals surface area contributed by atoms with Gasteiger partial charge in [-0.3, -0.25) is 4.79 Å². The van der Waals surface area contributed by atoms with E-state index in [0.717, 1.165) is 18.4 Å². The first-order valence-electron chi connectivity index (χ1n) is 7.81. The second-order valence-corrected chi connectivity index (χ2v) is 5.32. The van der Waals surface area contributed by atoms with Crippen molar-refractivity contribution in [3.63, 3.8) is 0 Å². The molecule has 0 fully saturated rings. The van der Waals surface area contributed by atoms with Crippen LogP contribution in [0.2, 0.25) is 0 Å². The summed E-state index contributed by atoms with van der Waals surface area (Å²) < 4.78 is 5.49. The molecule has 122 valence electrons. The van der Waals surface area contributed by atoms with Crippen LogP contribution in [0, 0.1) is 0 Å². The number of aliphatic hydroxyl groups excluding tert-OH is 2. The number of carbonyl (C=O) groups is 1. The number of esters is 1. The van der Waals surface area contributed by atoms with Gasteiger partial charge in [0.2, 0.25) is 0 Å². The van der Waals surface area contributed by atoms with Gasteiger partial charge in [0, 0.05) is 6.42 Å². The van der Waals surface area contributed by atoms with E-state index in [4.69, 9.17) is 4.74 Å². The fourth-order valence-electron chi connectivity index (χ4n) is 2.21. The van der Waals surface area contributed by atoms with Crippen LogP contribution in [0.15, 0.2) is 43.0 Å². The third-order valence-electron chi connectivity index (χ3n) is 3.59. The van der Waals surface area contributed by atoms with E-state index in [-0.39, 0.29) is 12.1 Å². The Labute approximate surface area is 132 Å². The standard InChI is InChI=1S/C18H26O4/c1-3-15(19)16(20)12-8-9-13-17(22-18(21)4-2)14-10-6-5-7-11-14/h3,5-7,10-11,15-17,19-20H,1,4,8-9,12-13H2,2H3/t15-,16+,17+/m1/s1. The summed E-state index contributed by atoms with van der Waals surface area (Å²) in [5, 5.41) is 19.1. The average molecular weight is 306 g/mol. The minimum absolute atomic E-state index is 0.212. The molecule has 0 radical (unpaired) electrons. The highest BCUT2D eigenvalue weighted by atomic mass is 16.5. The Morgan fingerprint density at radius 1 is 1.23 bits per heavy atom. The van der Waals surface area contributed by atoms with Crippen molar-refractivity contribution in [2.24, 2.45) is 0 Å². The Balaban J connectivity index is 2.48. The Hall–Kier alpha value is -1.65. The smallest absolute Gasteiger partial charge is 0.306 e. The number of hydrogen-bond donors (Lipinski definition) is 2. The molecule has 1 aromatic rings. The topological polar surface area (TPSA) is 66.8 Å². The van der Waals surface area contributed by atoms with Gasteiger partial charge in [0.25, 0.3) is 0 Å². The molecule has 0 unspecified atom stereocenters. The van der Waals surface area contributed by atoms with Crippen molar-refractivity contribution in [1.29, 1.82) is 0 Å². The van der Waals surface area contributed by atoms with Gasteiger partial charge in [0.1, 0.15) is 6.10 Å². The van der Waals surface area contributed by atoms with Gasteiger partial charge in [0.15, 0.2) is 0 Å². The Bertz CT molecular complexity index is 444. The van der Waals surface area contributed by atoms with E-state index < -0.39 is 12.2 Å². The summed E-state index contributed by atoms with van der Waals surface area (Å²) in [6.45, 7) is 5.23. The first-order valence-corrected chi connectivity index (χ1v) is 7.81. The van der Waals surface area contributed by atoms with E-state index in [1.54, 1.807) is 6.92 Å². The Morgan fingerprint density at radius 2 is 1.86 bits per heavy atom. The Kier molecular flexibility index (Phi) is 8.48. The number of ether oxygens (including phenoxy) is 1. The van der Waals surface area contributed by atoms with E-state index in [2.05, 4.69) is 6.58 Å². The average Bonchev–Trinajstić information content (AvgIpc) is 2.56. The largest absolute Gasteiger partial charge is 0.457 e. The van der Waals surface area contributed by atoms with E-state index in [1.165, 1.54) is 6.08 Å². The second kappa shape index (κ2) is 10.1. The fourth-order valence-corrected chi connectivity index (χ4v) is 2.21. The summed E-state index contributed by atoms with van der Waals surface area (Å²) in [4.78, 5) is 11.6. The molecule has 3 atom stereocenters. The van der Waals surface area contributed by atoms with Crippen molar-refractivity contribution in [3.05, 3.63) is 48.6 Å². The van der Waals surface area contributed by atoms with Crippen molar-refractivity contribution < 1.29 is 19.7 Å². The highest BCUT2D eigenvalue weighted by Crippen LogP contribution is 2.24. The number of rotatable bonds is 10. The lowest BCUT2D eigenvalue weighted by molar-refractivity contribution is -0.149. The van der Waals surface area contributed by atoms with E-state index in [0.29, 0.717) is 19.3 Å². The van der Waals surface area contributed by atoms with Crippen LogP contribution in [0.4, 0.5) is 0 Å². The van der Waals surface area contributed by atoms with Crippen molar-refractivity contribution in [1.82, 2.24) is 0 Å². The lowest BCUT2D eigenvalue weighted by Crippen LogP contribution is -2.23. The lowest BCUT2D eigenvalue weighted by Gasteiger charge is -2.19. The van der Waals surface area contributed by atoms with Crippen LogP contribution in [0.1, 0.15) is 50.7 Å². The summed E-state index contributed by atoms with van der Waals surface area (Å²) in [6.07, 6.45) is 2.51. The van der Waals surface area contributed by atoms with Gasteiger partial charge in [-0.15, -0.1) is 6.58 Å². The van der Waals surface area contributed by atoms with Crippen LogP contribution in [0.25, 0.3) is 0 Å². The third kappa shape index (κ3) is 6.41. The summed E-state index contributed by atoms with van der Waals surface area (Å²) in [5.41, 5.74) is 0.982. The molecule has 0 saturated heterocycles. The Morgan fingerprint density at radius 3 is 2.45 bits per heavy atom. The number of unbranched alkanes of at least 4 members (excludes halogenated alkanes) is 1. The fraction of sp³-hybridized carbons (Fsp3) is 0.500. The van der Waals surface area contributed by atoms with Crippen LogP contribution >= 0.6 is 0 Å². The van der Waals surface area contributed by atoms with Gasteiger partial charge in [-0.25, -0.2) is 0 Å². The number of hydrogen-bond acceptors (Lipinski definition) is 4. The van der Waals surface area contributed by atoms with Crippen LogP contribution in [0.3, 0.4) is 0 Å². The lowest BCUT2D eigenvalue weighted by atomic mass is 10.0. The molecule has 0 aliphatic heterocycles. The van der Waals surface area contributed by atoms with E-state index in [1.807, 2.05) is 30.3 Å². The van der Waals surface area contributed by atoms with Crippen LogP contribution < -0.4 is 0 Å². The highest BCUT2D eigenvalue weighted by molar-refractivity contribution is 5.69. The van der Waals surface area contributed by atoms with Crippen molar-refractivity contribution in [3.8, 4) is 0 Å². The molecule has 1 aromatic carbocycles. The predicted octanol–water partition coefficient (Wildman–Crippen LogP) is 3.15. The predicted molar refractivity (Wildman–Crippen MR) is 86.2 cm³/mol. The quantitative estimate of drug-likeness (QED) is 0.396. The van der Waals surface area contributed by atoms with Crippen LogP contribution in [0.5, 0.6) is 0 Å². The molecule has 0 saturated carbocycles. The van der Waals surface area contributed by atoms with Crippen LogP contribution in [-0.2, 0) is 9.53 Å². The first-order chi connectivity index (χ1) is 10.6. The zero-order valence-electron chi connectivity index (χ0n) is 13.1. The molecule has 0 spiro atoms. The minimum atomic E-state index is -0.886. The second-order valence-electron chi connectivity index (χ2n) is 5.32. The summed E-state index contributed by atoms with van der Waals surface area (Å²) in [6, 6.07) is 9.67. The van der Waals surface area contributed by atoms with E-state index in [9.17, 15) is 15.0 Å². The van der Waals surface area contributed by atoms with Gasteiger partial charge >= 0.3 is 5.97 Å². The van der Waals surface area contributed by atoms with Gasteiger partial charge in [-0.05, 0) is 24.8 Å². The zero-order valence-corrected chi connectivity index (χ0v) is 13.1. The van der Waals surface area contributed by atoms with Crippen LogP contribution in [-0.4, -0.2) is 28.4 Å². The van der Waals surface area contributed by atoms with Crippen molar-refractivity contribution in [2.45, 2.75) is 57.3 Å². The van der Waals surface area contributed by atoms with Gasteiger partial charge < -0.3 is 14.9 Å². The molecule has 22 heavy (non-hydrogen) atoms. The molecule has 0 aromatic heterocycles. The maximum absolute atomic E-state index is 11.6. The van der Waals surface area contributed by atoms with Crippen molar-refractivity contribution >= 4 is 5.97 Å². The summed E-state index contributed by atoms with van der Waals surface area (Å²) in [7, 11) is 0. The van der Waals surface area contributed by atoms with Crippen molar-refractivity contribution in [2.75, 3.05) is 0 Å². The zero-order chi connectivity index (χ0) is 16.4. The summed E-state index contributed by atoms with van der Waals surface area (Å²) >= 11 is 0. The molecular weight excluding hydrogens is 280 g/mol. The first kappa shape index (κ1) is 18.4. The molecule has 1 rings (SSSR count). The maximum atomic E-state index is 11.6. The summed E-state index contributed by atoms with van der Waals surface area (Å²) in [5.74, 6) is -0.212. The maximum Gasteiger partial charge on any atom is 0.306 e. The molecule has 0 aliphatic carbocycles. The number of benzene rings is 1. The number of carbonyl (C=O) groups excluding carboxylic acids is 1. The molecular formula is C18H26O4. The molecule has 2 N–H and O–H groups in total. The molecule has 4 heteroatoms. The SMILES string of the molecule is C=C[C@@H](O)[C@@H](O)CCCC[C@H](OC(=O)CC)c1ccccc1. The van der Waals surface area contributed by atoms with Gasteiger partial charge in [-0.1, -0.05) is 49.8 Å². The van der Waals surface area contributed by atoms with E-state index >= 15 is 0 Å². The highest BCUT2D eigenvalue weighted by Gasteiger charge is 2.17. The molecule has 0 bridgehead atoms. The minimum Gasteiger partial charge on any atom is -0.457 e. The normalized spacial score (nSPS) is 14.9. The molecule has 4 nitrogen and oxygen atoms in total. The molecule has 0 amide bonds.